The molecule has 0 fully saturated rings. The highest BCUT2D eigenvalue weighted by Gasteiger charge is 2.14. The van der Waals surface area contributed by atoms with Gasteiger partial charge in [-0.2, -0.15) is 0 Å². The van der Waals surface area contributed by atoms with Crippen LogP contribution in [0.1, 0.15) is 0 Å². The van der Waals surface area contributed by atoms with Crippen LogP contribution in [0, 0.1) is 0 Å². The third-order valence-electron chi connectivity index (χ3n) is 4.61. The number of carbonyl (C=O) groups is 1. The SMILES string of the molecule is O=C(CSc1ccc(-c2ccc(-n3ccnc3)cc2)nn1)Nc1ccc2c(c1)OCO2. The molecule has 0 saturated carbocycles. The Labute approximate surface area is 182 Å². The third-order valence-corrected chi connectivity index (χ3v) is 5.53. The zero-order chi connectivity index (χ0) is 21.0. The van der Waals surface area contributed by atoms with Crippen molar-refractivity contribution < 1.29 is 14.3 Å². The van der Waals surface area contributed by atoms with Gasteiger partial charge in [0.05, 0.1) is 17.8 Å². The molecule has 0 bridgehead atoms. The Morgan fingerprint density at radius 1 is 1.03 bits per heavy atom. The molecular formula is C22H17N5O3S. The summed E-state index contributed by atoms with van der Waals surface area (Å²) in [5.41, 5.74) is 3.42. The first-order valence-corrected chi connectivity index (χ1v) is 10.5. The molecule has 0 unspecified atom stereocenters. The van der Waals surface area contributed by atoms with Crippen LogP contribution in [-0.2, 0) is 4.79 Å². The number of rotatable bonds is 6. The van der Waals surface area contributed by atoms with Gasteiger partial charge < -0.3 is 19.4 Å². The van der Waals surface area contributed by atoms with E-state index < -0.39 is 0 Å². The van der Waals surface area contributed by atoms with Gasteiger partial charge in [-0.25, -0.2) is 4.98 Å². The van der Waals surface area contributed by atoms with E-state index in [-0.39, 0.29) is 18.5 Å². The number of nitrogens with zero attached hydrogens (tertiary/aromatic N) is 4. The van der Waals surface area contributed by atoms with Crippen molar-refractivity contribution >= 4 is 23.4 Å². The lowest BCUT2D eigenvalue weighted by atomic mass is 10.1. The summed E-state index contributed by atoms with van der Waals surface area (Å²) in [7, 11) is 0. The van der Waals surface area contributed by atoms with E-state index in [1.807, 2.05) is 47.2 Å². The van der Waals surface area contributed by atoms with Crippen molar-refractivity contribution in [3.8, 4) is 28.4 Å². The topological polar surface area (TPSA) is 91.2 Å². The molecule has 154 valence electrons. The lowest BCUT2D eigenvalue weighted by Gasteiger charge is -2.06. The Balaban J connectivity index is 1.17. The fourth-order valence-corrected chi connectivity index (χ4v) is 3.69. The molecule has 3 heterocycles. The predicted molar refractivity (Wildman–Crippen MR) is 117 cm³/mol. The summed E-state index contributed by atoms with van der Waals surface area (Å²) in [5, 5.41) is 12.1. The second-order valence-corrected chi connectivity index (χ2v) is 7.67. The molecule has 8 nitrogen and oxygen atoms in total. The lowest BCUT2D eigenvalue weighted by molar-refractivity contribution is -0.113. The van der Waals surface area contributed by atoms with Gasteiger partial charge in [-0.3, -0.25) is 4.79 Å². The number of fused-ring (bicyclic) bond motifs is 1. The number of anilines is 1. The summed E-state index contributed by atoms with van der Waals surface area (Å²) in [6.45, 7) is 0.200. The van der Waals surface area contributed by atoms with Crippen LogP contribution in [0.2, 0.25) is 0 Å². The summed E-state index contributed by atoms with van der Waals surface area (Å²) in [6, 6.07) is 17.1. The molecule has 5 rings (SSSR count). The van der Waals surface area contributed by atoms with E-state index in [0.29, 0.717) is 22.2 Å². The van der Waals surface area contributed by atoms with Crippen LogP contribution in [0.5, 0.6) is 11.5 Å². The number of ether oxygens (including phenoxy) is 2. The number of nitrogens with one attached hydrogen (secondary N) is 1. The molecular weight excluding hydrogens is 414 g/mol. The molecule has 1 aliphatic heterocycles. The van der Waals surface area contributed by atoms with Gasteiger partial charge >= 0.3 is 0 Å². The van der Waals surface area contributed by atoms with Crippen LogP contribution in [0.15, 0.2) is 78.3 Å². The van der Waals surface area contributed by atoms with E-state index in [1.165, 1.54) is 11.8 Å². The average molecular weight is 431 g/mol. The van der Waals surface area contributed by atoms with E-state index in [2.05, 4.69) is 20.5 Å². The van der Waals surface area contributed by atoms with E-state index in [0.717, 1.165) is 16.9 Å². The number of thioether (sulfide) groups is 1. The van der Waals surface area contributed by atoms with Gasteiger partial charge in [-0.05, 0) is 36.4 Å². The molecule has 2 aromatic carbocycles. The maximum absolute atomic E-state index is 12.2. The minimum atomic E-state index is -0.134. The van der Waals surface area contributed by atoms with Crippen LogP contribution in [0.3, 0.4) is 0 Å². The minimum Gasteiger partial charge on any atom is -0.454 e. The van der Waals surface area contributed by atoms with E-state index >= 15 is 0 Å². The lowest BCUT2D eigenvalue weighted by Crippen LogP contribution is -2.14. The van der Waals surface area contributed by atoms with Crippen molar-refractivity contribution in [2.75, 3.05) is 17.9 Å². The van der Waals surface area contributed by atoms with Crippen LogP contribution in [-0.4, -0.2) is 38.2 Å². The maximum Gasteiger partial charge on any atom is 0.234 e. The van der Waals surface area contributed by atoms with Gasteiger partial charge in [0.15, 0.2) is 11.5 Å². The highest BCUT2D eigenvalue weighted by Crippen LogP contribution is 2.34. The molecule has 31 heavy (non-hydrogen) atoms. The summed E-state index contributed by atoms with van der Waals surface area (Å²) in [4.78, 5) is 16.3. The van der Waals surface area contributed by atoms with Gasteiger partial charge in [-0.15, -0.1) is 10.2 Å². The predicted octanol–water partition coefficient (Wildman–Crippen LogP) is 3.79. The summed E-state index contributed by atoms with van der Waals surface area (Å²) in [6.07, 6.45) is 5.39. The van der Waals surface area contributed by atoms with Gasteiger partial charge in [0.2, 0.25) is 12.7 Å². The monoisotopic (exact) mass is 431 g/mol. The molecule has 0 aliphatic carbocycles. The van der Waals surface area contributed by atoms with Crippen molar-refractivity contribution in [3.63, 3.8) is 0 Å². The van der Waals surface area contributed by atoms with Crippen molar-refractivity contribution in [2.45, 2.75) is 5.03 Å². The Morgan fingerprint density at radius 3 is 2.68 bits per heavy atom. The van der Waals surface area contributed by atoms with Gasteiger partial charge in [0.1, 0.15) is 5.03 Å². The second-order valence-electron chi connectivity index (χ2n) is 6.68. The fraction of sp³-hybridized carbons (Fsp3) is 0.0909. The molecule has 4 aromatic rings. The molecule has 1 N–H and O–H groups in total. The van der Waals surface area contributed by atoms with Crippen LogP contribution in [0.4, 0.5) is 5.69 Å². The van der Waals surface area contributed by atoms with Gasteiger partial charge in [-0.1, -0.05) is 23.9 Å². The Bertz CT molecular complexity index is 1200. The number of hydrogen-bond donors (Lipinski definition) is 1. The average Bonchev–Trinajstić information content (AvgIpc) is 3.50. The quantitative estimate of drug-likeness (QED) is 0.465. The number of carbonyl (C=O) groups excluding carboxylic acids is 1. The van der Waals surface area contributed by atoms with Crippen molar-refractivity contribution in [2.24, 2.45) is 0 Å². The number of amides is 1. The summed E-state index contributed by atoms with van der Waals surface area (Å²) in [5.74, 6) is 1.40. The third kappa shape index (κ3) is 4.36. The summed E-state index contributed by atoms with van der Waals surface area (Å²) >= 11 is 1.33. The number of benzene rings is 2. The van der Waals surface area contributed by atoms with Gasteiger partial charge in [0, 0.05) is 35.4 Å². The number of hydrogen-bond acceptors (Lipinski definition) is 7. The largest absolute Gasteiger partial charge is 0.454 e. The highest BCUT2D eigenvalue weighted by molar-refractivity contribution is 7.99. The molecule has 1 aliphatic rings. The molecule has 0 radical (unpaired) electrons. The van der Waals surface area contributed by atoms with Crippen molar-refractivity contribution in [1.82, 2.24) is 19.7 Å². The Morgan fingerprint density at radius 2 is 1.90 bits per heavy atom. The fourth-order valence-electron chi connectivity index (χ4n) is 3.08. The number of imidazole rings is 1. The molecule has 9 heteroatoms. The maximum atomic E-state index is 12.2. The van der Waals surface area contributed by atoms with Crippen molar-refractivity contribution in [3.05, 3.63) is 73.3 Å². The first kappa shape index (κ1) is 19.1. The summed E-state index contributed by atoms with van der Waals surface area (Å²) < 4.78 is 12.5. The van der Waals surface area contributed by atoms with E-state index in [9.17, 15) is 4.79 Å². The minimum absolute atomic E-state index is 0.134. The molecule has 1 amide bonds. The van der Waals surface area contributed by atoms with Gasteiger partial charge in [0.25, 0.3) is 0 Å². The van der Waals surface area contributed by atoms with E-state index in [1.54, 1.807) is 30.7 Å². The number of aromatic nitrogens is 4. The highest BCUT2D eigenvalue weighted by atomic mass is 32.2. The van der Waals surface area contributed by atoms with Crippen LogP contribution in [0.25, 0.3) is 16.9 Å². The molecule has 0 atom stereocenters. The first-order chi connectivity index (χ1) is 15.2. The van der Waals surface area contributed by atoms with Crippen LogP contribution >= 0.6 is 11.8 Å². The van der Waals surface area contributed by atoms with Crippen LogP contribution < -0.4 is 14.8 Å². The molecule has 0 saturated heterocycles. The second kappa shape index (κ2) is 8.49. The smallest absolute Gasteiger partial charge is 0.234 e. The first-order valence-electron chi connectivity index (χ1n) is 9.49. The van der Waals surface area contributed by atoms with E-state index in [4.69, 9.17) is 9.47 Å². The van der Waals surface area contributed by atoms with Crippen molar-refractivity contribution in [1.29, 1.82) is 0 Å². The standard InChI is InChI=1S/C22H17N5O3S/c28-21(24-16-3-7-19-20(11-16)30-14-29-19)12-31-22-8-6-18(25-26-22)15-1-4-17(5-2-15)27-10-9-23-13-27/h1-11,13H,12,14H2,(H,24,28). The Hall–Kier alpha value is -3.85. The zero-order valence-electron chi connectivity index (χ0n) is 16.3. The Kier molecular flexibility index (Phi) is 5.24. The zero-order valence-corrected chi connectivity index (χ0v) is 17.1. The molecule has 2 aromatic heterocycles. The molecule has 0 spiro atoms. The normalized spacial score (nSPS) is 12.0.